The highest BCUT2D eigenvalue weighted by molar-refractivity contribution is 5.55. The van der Waals surface area contributed by atoms with Crippen LogP contribution in [0.15, 0.2) is 18.2 Å². The highest BCUT2D eigenvalue weighted by atomic mass is 19.4. The number of benzene rings is 1. The van der Waals surface area contributed by atoms with Crippen molar-refractivity contribution in [1.82, 2.24) is 4.90 Å². The minimum atomic E-state index is -4.25. The molecule has 0 aliphatic carbocycles. The zero-order valence-electron chi connectivity index (χ0n) is 10.5. The van der Waals surface area contributed by atoms with Crippen molar-refractivity contribution in [3.8, 4) is 0 Å². The molecule has 0 bridgehead atoms. The molecule has 2 nitrogen and oxygen atoms in total. The SMILES string of the molecule is CN(C)C[C@H]1CCc2cc(C(F)(F)F)ccc2N1. The highest BCUT2D eigenvalue weighted by Gasteiger charge is 2.31. The minimum Gasteiger partial charge on any atom is -0.381 e. The van der Waals surface area contributed by atoms with Crippen LogP contribution >= 0.6 is 0 Å². The summed E-state index contributed by atoms with van der Waals surface area (Å²) in [5.74, 6) is 0. The van der Waals surface area contributed by atoms with Gasteiger partial charge < -0.3 is 10.2 Å². The third-order valence-electron chi connectivity index (χ3n) is 3.14. The predicted molar refractivity (Wildman–Crippen MR) is 65.7 cm³/mol. The van der Waals surface area contributed by atoms with Gasteiger partial charge in [-0.05, 0) is 50.7 Å². The second-order valence-corrected chi connectivity index (χ2v) is 5.01. The van der Waals surface area contributed by atoms with E-state index in [1.165, 1.54) is 6.07 Å². The molecule has 0 fully saturated rings. The summed E-state index contributed by atoms with van der Waals surface area (Å²) in [6.07, 6.45) is -2.69. The number of hydrogen-bond donors (Lipinski definition) is 1. The maximum Gasteiger partial charge on any atom is 0.416 e. The van der Waals surface area contributed by atoms with Crippen LogP contribution in [0.1, 0.15) is 17.5 Å². The lowest BCUT2D eigenvalue weighted by Gasteiger charge is -2.29. The summed E-state index contributed by atoms with van der Waals surface area (Å²) in [6.45, 7) is 0.889. The summed E-state index contributed by atoms with van der Waals surface area (Å²) in [7, 11) is 3.98. The lowest BCUT2D eigenvalue weighted by molar-refractivity contribution is -0.137. The smallest absolute Gasteiger partial charge is 0.381 e. The Kier molecular flexibility index (Phi) is 3.52. The topological polar surface area (TPSA) is 15.3 Å². The number of halogens is 3. The monoisotopic (exact) mass is 258 g/mol. The van der Waals surface area contributed by atoms with Gasteiger partial charge in [-0.1, -0.05) is 0 Å². The number of likely N-dealkylation sites (N-methyl/N-ethyl adjacent to an activating group) is 1. The standard InChI is InChI=1S/C13H17F3N2/c1-18(2)8-11-5-3-9-7-10(13(14,15)16)4-6-12(9)17-11/h4,6-7,11,17H,3,5,8H2,1-2H3/t11-/m1/s1. The highest BCUT2D eigenvalue weighted by Crippen LogP contribution is 2.34. The number of nitrogens with zero attached hydrogens (tertiary/aromatic N) is 1. The molecule has 1 aliphatic rings. The molecule has 5 heteroatoms. The molecule has 1 atom stereocenters. The Hall–Kier alpha value is -1.23. The van der Waals surface area contributed by atoms with Gasteiger partial charge in [0.1, 0.15) is 0 Å². The van der Waals surface area contributed by atoms with Crippen LogP contribution in [0.5, 0.6) is 0 Å². The van der Waals surface area contributed by atoms with Crippen molar-refractivity contribution in [3.63, 3.8) is 0 Å². The fourth-order valence-electron chi connectivity index (χ4n) is 2.32. The van der Waals surface area contributed by atoms with Crippen LogP contribution in [0.4, 0.5) is 18.9 Å². The van der Waals surface area contributed by atoms with E-state index in [4.69, 9.17) is 0 Å². The van der Waals surface area contributed by atoms with Gasteiger partial charge in [-0.25, -0.2) is 0 Å². The Balaban J connectivity index is 2.16. The van der Waals surface area contributed by atoms with E-state index in [1.54, 1.807) is 6.07 Å². The molecule has 0 amide bonds. The lowest BCUT2D eigenvalue weighted by Crippen LogP contribution is -2.35. The minimum absolute atomic E-state index is 0.309. The summed E-state index contributed by atoms with van der Waals surface area (Å²) >= 11 is 0. The molecule has 0 unspecified atom stereocenters. The van der Waals surface area contributed by atoms with E-state index in [0.29, 0.717) is 12.5 Å². The molecule has 0 saturated heterocycles. The first kappa shape index (κ1) is 13.2. The number of fused-ring (bicyclic) bond motifs is 1. The fraction of sp³-hybridized carbons (Fsp3) is 0.538. The molecule has 0 spiro atoms. The molecule has 0 radical (unpaired) electrons. The van der Waals surface area contributed by atoms with Crippen molar-refractivity contribution in [3.05, 3.63) is 29.3 Å². The first-order valence-electron chi connectivity index (χ1n) is 5.97. The van der Waals surface area contributed by atoms with Gasteiger partial charge in [-0.3, -0.25) is 0 Å². The average molecular weight is 258 g/mol. The first-order chi connectivity index (χ1) is 8.36. The van der Waals surface area contributed by atoms with Crippen LogP contribution in [0.3, 0.4) is 0 Å². The number of anilines is 1. The molecule has 2 rings (SSSR count). The Morgan fingerprint density at radius 2 is 2.06 bits per heavy atom. The maximum atomic E-state index is 12.6. The third-order valence-corrected chi connectivity index (χ3v) is 3.14. The van der Waals surface area contributed by atoms with Gasteiger partial charge in [0.2, 0.25) is 0 Å². The van der Waals surface area contributed by atoms with E-state index in [2.05, 4.69) is 10.2 Å². The van der Waals surface area contributed by atoms with Crippen molar-refractivity contribution < 1.29 is 13.2 Å². The normalized spacial score (nSPS) is 19.6. The van der Waals surface area contributed by atoms with Crippen LogP contribution < -0.4 is 5.32 Å². The van der Waals surface area contributed by atoms with E-state index >= 15 is 0 Å². The molecule has 1 heterocycles. The van der Waals surface area contributed by atoms with Gasteiger partial charge in [-0.15, -0.1) is 0 Å². The van der Waals surface area contributed by atoms with Crippen molar-refractivity contribution in [2.45, 2.75) is 25.1 Å². The summed E-state index contributed by atoms with van der Waals surface area (Å²) < 4.78 is 37.7. The van der Waals surface area contributed by atoms with Crippen LogP contribution in [-0.4, -0.2) is 31.6 Å². The fourth-order valence-corrected chi connectivity index (χ4v) is 2.32. The molecule has 1 N–H and O–H groups in total. The molecule has 1 aromatic rings. The zero-order valence-corrected chi connectivity index (χ0v) is 10.5. The van der Waals surface area contributed by atoms with Crippen LogP contribution in [0.2, 0.25) is 0 Å². The summed E-state index contributed by atoms with van der Waals surface area (Å²) in [5, 5.41) is 3.30. The van der Waals surface area contributed by atoms with Gasteiger partial charge in [0.25, 0.3) is 0 Å². The van der Waals surface area contributed by atoms with Gasteiger partial charge in [0.05, 0.1) is 5.56 Å². The molecule has 0 saturated carbocycles. The van der Waals surface area contributed by atoms with E-state index in [9.17, 15) is 13.2 Å². The molecule has 0 aromatic heterocycles. The van der Waals surface area contributed by atoms with Gasteiger partial charge in [0.15, 0.2) is 0 Å². The van der Waals surface area contributed by atoms with Crippen LogP contribution in [0, 0.1) is 0 Å². The largest absolute Gasteiger partial charge is 0.416 e. The van der Waals surface area contributed by atoms with E-state index in [-0.39, 0.29) is 0 Å². The number of rotatable bonds is 2. The van der Waals surface area contributed by atoms with Crippen LogP contribution in [0.25, 0.3) is 0 Å². The molecular weight excluding hydrogens is 241 g/mol. The van der Waals surface area contributed by atoms with Gasteiger partial charge in [-0.2, -0.15) is 13.2 Å². The van der Waals surface area contributed by atoms with Crippen LogP contribution in [-0.2, 0) is 12.6 Å². The number of alkyl halides is 3. The summed E-state index contributed by atoms with van der Waals surface area (Å²) in [4.78, 5) is 2.08. The van der Waals surface area contributed by atoms with E-state index < -0.39 is 11.7 Å². The molecule has 18 heavy (non-hydrogen) atoms. The van der Waals surface area contributed by atoms with E-state index in [1.807, 2.05) is 14.1 Å². The van der Waals surface area contributed by atoms with Crippen molar-refractivity contribution in [1.29, 1.82) is 0 Å². The molecular formula is C13H17F3N2. The number of aryl methyl sites for hydroxylation is 1. The number of nitrogens with one attached hydrogen (secondary N) is 1. The predicted octanol–water partition coefficient (Wildman–Crippen LogP) is 2.99. The Morgan fingerprint density at radius 1 is 1.33 bits per heavy atom. The quantitative estimate of drug-likeness (QED) is 0.877. The van der Waals surface area contributed by atoms with Crippen molar-refractivity contribution in [2.75, 3.05) is 26.0 Å². The average Bonchev–Trinajstić information content (AvgIpc) is 2.26. The number of hydrogen-bond acceptors (Lipinski definition) is 2. The zero-order chi connectivity index (χ0) is 13.3. The van der Waals surface area contributed by atoms with Gasteiger partial charge in [0, 0.05) is 18.3 Å². The Morgan fingerprint density at radius 3 is 2.67 bits per heavy atom. The third kappa shape index (κ3) is 2.96. The maximum absolute atomic E-state index is 12.6. The molecule has 100 valence electrons. The van der Waals surface area contributed by atoms with E-state index in [0.717, 1.165) is 30.3 Å². The first-order valence-corrected chi connectivity index (χ1v) is 5.97. The molecule has 1 aromatic carbocycles. The molecule has 1 aliphatic heterocycles. The second-order valence-electron chi connectivity index (χ2n) is 5.01. The Labute approximate surface area is 105 Å². The second kappa shape index (κ2) is 4.80. The summed E-state index contributed by atoms with van der Waals surface area (Å²) in [6, 6.07) is 4.25. The van der Waals surface area contributed by atoms with Crippen molar-refractivity contribution in [2.24, 2.45) is 0 Å². The van der Waals surface area contributed by atoms with Gasteiger partial charge >= 0.3 is 6.18 Å². The van der Waals surface area contributed by atoms with Crippen molar-refractivity contribution >= 4 is 5.69 Å². The summed E-state index contributed by atoms with van der Waals surface area (Å²) in [5.41, 5.74) is 1.04. The lowest BCUT2D eigenvalue weighted by atomic mass is 9.96. The Bertz CT molecular complexity index is 427.